The Kier molecular flexibility index (Phi) is 6.75. The summed E-state index contributed by atoms with van der Waals surface area (Å²) in [5.41, 5.74) is 0. The Balaban J connectivity index is 2.60. The van der Waals surface area contributed by atoms with Crippen LogP contribution in [0.25, 0.3) is 0 Å². The van der Waals surface area contributed by atoms with E-state index in [1.165, 1.54) is 17.4 Å². The van der Waals surface area contributed by atoms with Gasteiger partial charge in [0.15, 0.2) is 0 Å². The van der Waals surface area contributed by atoms with Gasteiger partial charge in [-0.2, -0.15) is 0 Å². The second-order valence-corrected chi connectivity index (χ2v) is 7.65. The molecule has 0 saturated carbocycles. The average molecular weight is 358 g/mol. The lowest BCUT2D eigenvalue weighted by molar-refractivity contribution is 0.146. The van der Waals surface area contributed by atoms with E-state index in [2.05, 4.69) is 20.7 Å². The topological polar surface area (TPSA) is 75.6 Å². The van der Waals surface area contributed by atoms with Gasteiger partial charge in [0.05, 0.1) is 10.4 Å². The highest BCUT2D eigenvalue weighted by Gasteiger charge is 2.20. The molecule has 0 saturated heterocycles. The van der Waals surface area contributed by atoms with Gasteiger partial charge in [0, 0.05) is 24.6 Å². The predicted molar refractivity (Wildman–Crippen MR) is 74.2 cm³/mol. The molecule has 0 spiro atoms. The van der Waals surface area contributed by atoms with Crippen molar-refractivity contribution in [3.05, 3.63) is 14.7 Å². The van der Waals surface area contributed by atoms with Crippen LogP contribution in [0, 0.1) is 0 Å². The van der Waals surface area contributed by atoms with Gasteiger partial charge in [0.25, 0.3) is 0 Å². The van der Waals surface area contributed by atoms with Gasteiger partial charge in [-0.15, -0.1) is 11.3 Å². The first kappa shape index (κ1) is 16.1. The van der Waals surface area contributed by atoms with E-state index in [1.807, 2.05) is 6.92 Å². The summed E-state index contributed by atoms with van der Waals surface area (Å²) in [6.07, 6.45) is 0.627. The van der Waals surface area contributed by atoms with Crippen LogP contribution in [-0.2, 0) is 21.4 Å². The van der Waals surface area contributed by atoms with Crippen molar-refractivity contribution in [1.29, 1.82) is 0 Å². The maximum absolute atomic E-state index is 12.0. The van der Waals surface area contributed by atoms with Crippen molar-refractivity contribution < 1.29 is 18.3 Å². The molecule has 1 aromatic heterocycles. The van der Waals surface area contributed by atoms with Crippen molar-refractivity contribution >= 4 is 37.3 Å². The number of aliphatic hydroxyl groups is 1. The fraction of sp³-hybridized carbons (Fsp3) is 0.600. The molecule has 5 nitrogen and oxygen atoms in total. The molecule has 0 aromatic carbocycles. The van der Waals surface area contributed by atoms with E-state index in [9.17, 15) is 8.42 Å². The first-order chi connectivity index (χ1) is 8.51. The van der Waals surface area contributed by atoms with Gasteiger partial charge in [-0.3, -0.25) is 0 Å². The molecular weight excluding hydrogens is 342 g/mol. The Bertz CT molecular complexity index is 472. The lowest BCUT2D eigenvalue weighted by Gasteiger charge is -2.05. The molecule has 0 aliphatic rings. The smallest absolute Gasteiger partial charge is 0.242 e. The number of thiophene rings is 1. The van der Waals surface area contributed by atoms with E-state index < -0.39 is 10.0 Å². The molecule has 0 radical (unpaired) electrons. The Hall–Kier alpha value is 0.01000. The predicted octanol–water partition coefficient (Wildman–Crippen LogP) is 1.71. The summed E-state index contributed by atoms with van der Waals surface area (Å²) in [5, 5.41) is 8.97. The lowest BCUT2D eigenvalue weighted by Crippen LogP contribution is -2.25. The van der Waals surface area contributed by atoms with Crippen molar-refractivity contribution in [3.8, 4) is 0 Å². The van der Waals surface area contributed by atoms with Crippen LogP contribution in [0.1, 0.15) is 18.2 Å². The van der Waals surface area contributed by atoms with Crippen LogP contribution in [0.3, 0.4) is 0 Å². The van der Waals surface area contributed by atoms with Crippen LogP contribution in [0.4, 0.5) is 0 Å². The van der Waals surface area contributed by atoms with Crippen molar-refractivity contribution in [1.82, 2.24) is 4.72 Å². The van der Waals surface area contributed by atoms with E-state index >= 15 is 0 Å². The van der Waals surface area contributed by atoms with Crippen molar-refractivity contribution in [2.24, 2.45) is 0 Å². The van der Waals surface area contributed by atoms with E-state index in [0.29, 0.717) is 34.8 Å². The summed E-state index contributed by atoms with van der Waals surface area (Å²) in [6, 6.07) is 1.47. The fourth-order valence-corrected chi connectivity index (χ4v) is 4.88. The van der Waals surface area contributed by atoms with Crippen LogP contribution >= 0.6 is 27.3 Å². The molecule has 0 amide bonds. The molecule has 1 heterocycles. The zero-order chi connectivity index (χ0) is 13.6. The minimum Gasteiger partial charge on any atom is -0.391 e. The lowest BCUT2D eigenvalue weighted by atomic mass is 10.5. The summed E-state index contributed by atoms with van der Waals surface area (Å²) >= 11 is 4.40. The maximum atomic E-state index is 12.0. The van der Waals surface area contributed by atoms with E-state index in [0.717, 1.165) is 0 Å². The summed E-state index contributed by atoms with van der Waals surface area (Å²) in [5.74, 6) is 0. The minimum absolute atomic E-state index is 0.164. The number of sulfonamides is 1. The third-order valence-electron chi connectivity index (χ3n) is 2.11. The molecule has 0 aliphatic heterocycles. The van der Waals surface area contributed by atoms with Crippen LogP contribution in [0.15, 0.2) is 14.7 Å². The molecule has 2 N–H and O–H groups in total. The van der Waals surface area contributed by atoms with Crippen LogP contribution in [0.2, 0.25) is 0 Å². The highest BCUT2D eigenvalue weighted by atomic mass is 79.9. The zero-order valence-corrected chi connectivity index (χ0v) is 13.2. The normalized spacial score (nSPS) is 11.9. The zero-order valence-electron chi connectivity index (χ0n) is 9.98. The molecule has 0 unspecified atom stereocenters. The number of halogens is 1. The van der Waals surface area contributed by atoms with Gasteiger partial charge in [0.2, 0.25) is 10.0 Å². The molecular formula is C10H16BrNO4S2. The van der Waals surface area contributed by atoms with Crippen LogP contribution < -0.4 is 4.72 Å². The number of nitrogens with one attached hydrogen (secondary N) is 1. The number of aliphatic hydroxyl groups excluding tert-OH is 1. The highest BCUT2D eigenvalue weighted by molar-refractivity contribution is 9.11. The quantitative estimate of drug-likeness (QED) is 0.694. The Morgan fingerprint density at radius 2 is 2.28 bits per heavy atom. The van der Waals surface area contributed by atoms with Crippen molar-refractivity contribution in [2.45, 2.75) is 24.8 Å². The van der Waals surface area contributed by atoms with Crippen molar-refractivity contribution in [2.75, 3.05) is 19.8 Å². The standard InChI is InChI=1S/C10H16BrNO4S2/c1-2-16-5-3-4-12-18(14,15)9-6-8(7-13)17-10(9)11/h6,12-13H,2-5,7H2,1H3. The summed E-state index contributed by atoms with van der Waals surface area (Å²) in [4.78, 5) is 0.782. The van der Waals surface area contributed by atoms with Gasteiger partial charge in [-0.25, -0.2) is 13.1 Å². The SMILES string of the molecule is CCOCCCNS(=O)(=O)c1cc(CO)sc1Br. The third-order valence-corrected chi connectivity index (χ3v) is 5.81. The Labute approximate surface area is 119 Å². The molecule has 1 rings (SSSR count). The summed E-state index contributed by atoms with van der Waals surface area (Å²) in [6.45, 7) is 3.22. The van der Waals surface area contributed by atoms with Gasteiger partial charge >= 0.3 is 0 Å². The van der Waals surface area contributed by atoms with Crippen molar-refractivity contribution in [3.63, 3.8) is 0 Å². The van der Waals surface area contributed by atoms with Gasteiger partial charge in [0.1, 0.15) is 4.90 Å². The molecule has 18 heavy (non-hydrogen) atoms. The molecule has 104 valence electrons. The maximum Gasteiger partial charge on any atom is 0.242 e. The molecule has 0 aliphatic carbocycles. The average Bonchev–Trinajstić information content (AvgIpc) is 2.71. The molecule has 0 atom stereocenters. The summed E-state index contributed by atoms with van der Waals surface area (Å²) in [7, 11) is -3.52. The molecule has 0 fully saturated rings. The number of hydrogen-bond acceptors (Lipinski definition) is 5. The van der Waals surface area contributed by atoms with E-state index in [-0.39, 0.29) is 11.5 Å². The van der Waals surface area contributed by atoms with Crippen LogP contribution in [0.5, 0.6) is 0 Å². The number of ether oxygens (including phenoxy) is 1. The molecule has 0 bridgehead atoms. The highest BCUT2D eigenvalue weighted by Crippen LogP contribution is 2.31. The second kappa shape index (κ2) is 7.56. The van der Waals surface area contributed by atoms with Gasteiger partial charge < -0.3 is 9.84 Å². The van der Waals surface area contributed by atoms with E-state index in [4.69, 9.17) is 9.84 Å². The van der Waals surface area contributed by atoms with Gasteiger partial charge in [-0.05, 0) is 35.3 Å². The molecule has 1 aromatic rings. The first-order valence-corrected chi connectivity index (χ1v) is 8.57. The largest absolute Gasteiger partial charge is 0.391 e. The molecule has 8 heteroatoms. The first-order valence-electron chi connectivity index (χ1n) is 5.47. The second-order valence-electron chi connectivity index (χ2n) is 3.46. The number of rotatable bonds is 8. The summed E-state index contributed by atoms with van der Waals surface area (Å²) < 4.78 is 32.0. The minimum atomic E-state index is -3.52. The van der Waals surface area contributed by atoms with Gasteiger partial charge in [-0.1, -0.05) is 0 Å². The fourth-order valence-electron chi connectivity index (χ4n) is 1.26. The Morgan fingerprint density at radius 1 is 1.56 bits per heavy atom. The third kappa shape index (κ3) is 4.60. The van der Waals surface area contributed by atoms with E-state index in [1.54, 1.807) is 0 Å². The monoisotopic (exact) mass is 357 g/mol. The number of hydrogen-bond donors (Lipinski definition) is 2. The van der Waals surface area contributed by atoms with Crippen LogP contribution in [-0.4, -0.2) is 33.3 Å². The Morgan fingerprint density at radius 3 is 2.83 bits per heavy atom.